The van der Waals surface area contributed by atoms with Crippen LogP contribution in [0.3, 0.4) is 0 Å². The molecule has 0 bridgehead atoms. The van der Waals surface area contributed by atoms with E-state index >= 15 is 0 Å². The van der Waals surface area contributed by atoms with Crippen molar-refractivity contribution >= 4 is 0 Å². The smallest absolute Gasteiger partial charge is 0.212 e. The molecular formula is C15H16N2O2. The molecular weight excluding hydrogens is 240 g/mol. The number of nitrogens with zero attached hydrogens (tertiary/aromatic N) is 1. The summed E-state index contributed by atoms with van der Waals surface area (Å²) in [6.07, 6.45) is 2.83. The van der Waals surface area contributed by atoms with Gasteiger partial charge in [0.05, 0.1) is 19.8 Å². The number of methoxy groups -OCH3 is 1. The summed E-state index contributed by atoms with van der Waals surface area (Å²) >= 11 is 0. The van der Waals surface area contributed by atoms with Crippen molar-refractivity contribution in [2.24, 2.45) is 0 Å². The third-order valence-corrected chi connectivity index (χ3v) is 3.30. The van der Waals surface area contributed by atoms with Gasteiger partial charge in [-0.15, -0.1) is 0 Å². The molecule has 2 aromatic rings. The van der Waals surface area contributed by atoms with Crippen LogP contribution >= 0.6 is 0 Å². The van der Waals surface area contributed by atoms with Crippen molar-refractivity contribution in [1.29, 1.82) is 0 Å². The number of hydroxylamine groups is 1. The zero-order valence-electron chi connectivity index (χ0n) is 10.8. The molecule has 3 rings (SSSR count). The van der Waals surface area contributed by atoms with E-state index in [4.69, 9.17) is 9.57 Å². The maximum atomic E-state index is 5.21. The Morgan fingerprint density at radius 3 is 2.89 bits per heavy atom. The van der Waals surface area contributed by atoms with Gasteiger partial charge in [-0.25, -0.2) is 4.98 Å². The number of aromatic nitrogens is 1. The van der Waals surface area contributed by atoms with E-state index in [0.29, 0.717) is 5.88 Å². The fourth-order valence-corrected chi connectivity index (χ4v) is 2.24. The van der Waals surface area contributed by atoms with Gasteiger partial charge in [-0.05, 0) is 29.7 Å². The van der Waals surface area contributed by atoms with Crippen molar-refractivity contribution in [3.63, 3.8) is 0 Å². The first-order chi connectivity index (χ1) is 9.36. The molecule has 0 spiro atoms. The van der Waals surface area contributed by atoms with Crippen LogP contribution in [-0.2, 0) is 4.84 Å². The summed E-state index contributed by atoms with van der Waals surface area (Å²) in [7, 11) is 1.62. The molecule has 1 fully saturated rings. The van der Waals surface area contributed by atoms with E-state index < -0.39 is 0 Å². The van der Waals surface area contributed by atoms with Crippen LogP contribution in [0.5, 0.6) is 5.88 Å². The summed E-state index contributed by atoms with van der Waals surface area (Å²) < 4.78 is 5.07. The van der Waals surface area contributed by atoms with Crippen molar-refractivity contribution in [2.75, 3.05) is 13.7 Å². The van der Waals surface area contributed by atoms with Crippen molar-refractivity contribution in [3.05, 3.63) is 48.2 Å². The second-order valence-corrected chi connectivity index (χ2v) is 4.52. The van der Waals surface area contributed by atoms with E-state index in [9.17, 15) is 0 Å². The summed E-state index contributed by atoms with van der Waals surface area (Å²) in [6, 6.07) is 12.6. The van der Waals surface area contributed by atoms with Gasteiger partial charge in [0.2, 0.25) is 5.88 Å². The lowest BCUT2D eigenvalue weighted by atomic mass is 10.00. The Labute approximate surface area is 112 Å². The minimum atomic E-state index is 0.283. The molecule has 2 heterocycles. The van der Waals surface area contributed by atoms with E-state index in [1.807, 2.05) is 18.3 Å². The number of ether oxygens (including phenoxy) is 1. The number of hydrogen-bond acceptors (Lipinski definition) is 4. The first-order valence-corrected chi connectivity index (χ1v) is 6.34. The molecule has 0 unspecified atom stereocenters. The Bertz CT molecular complexity index is 548. The number of pyridine rings is 1. The van der Waals surface area contributed by atoms with Gasteiger partial charge in [-0.1, -0.05) is 18.2 Å². The topological polar surface area (TPSA) is 43.4 Å². The Morgan fingerprint density at radius 2 is 2.21 bits per heavy atom. The predicted octanol–water partition coefficient (Wildman–Crippen LogP) is 2.72. The molecule has 1 aliphatic rings. The molecule has 1 saturated heterocycles. The number of hydrogen-bond donors (Lipinski definition) is 1. The van der Waals surface area contributed by atoms with Crippen molar-refractivity contribution in [1.82, 2.24) is 10.5 Å². The molecule has 4 heteroatoms. The summed E-state index contributed by atoms with van der Waals surface area (Å²) in [5, 5.41) is 0. The third-order valence-electron chi connectivity index (χ3n) is 3.30. The third kappa shape index (κ3) is 2.59. The lowest BCUT2D eigenvalue weighted by Gasteiger charge is -2.10. The first kappa shape index (κ1) is 12.1. The van der Waals surface area contributed by atoms with Gasteiger partial charge in [0.15, 0.2) is 0 Å². The molecule has 4 nitrogen and oxygen atoms in total. The second-order valence-electron chi connectivity index (χ2n) is 4.52. The van der Waals surface area contributed by atoms with Crippen LogP contribution in [0.1, 0.15) is 18.0 Å². The zero-order chi connectivity index (χ0) is 13.1. The largest absolute Gasteiger partial charge is 0.481 e. The van der Waals surface area contributed by atoms with Gasteiger partial charge in [-0.2, -0.15) is 5.48 Å². The minimum absolute atomic E-state index is 0.283. The quantitative estimate of drug-likeness (QED) is 0.917. The molecule has 98 valence electrons. The maximum Gasteiger partial charge on any atom is 0.212 e. The monoisotopic (exact) mass is 256 g/mol. The van der Waals surface area contributed by atoms with Crippen molar-refractivity contribution in [3.8, 4) is 17.0 Å². The summed E-state index contributed by atoms with van der Waals surface area (Å²) in [4.78, 5) is 9.45. The number of nitrogens with one attached hydrogen (secondary N) is 1. The molecule has 1 aliphatic heterocycles. The van der Waals surface area contributed by atoms with Crippen LogP contribution in [0.25, 0.3) is 11.1 Å². The van der Waals surface area contributed by atoms with E-state index in [-0.39, 0.29) is 6.04 Å². The molecule has 0 radical (unpaired) electrons. The number of benzene rings is 1. The van der Waals surface area contributed by atoms with E-state index in [1.165, 1.54) is 5.56 Å². The molecule has 0 amide bonds. The highest BCUT2D eigenvalue weighted by Crippen LogP contribution is 2.26. The second kappa shape index (κ2) is 5.38. The van der Waals surface area contributed by atoms with Crippen molar-refractivity contribution in [2.45, 2.75) is 12.5 Å². The van der Waals surface area contributed by atoms with Gasteiger partial charge in [0, 0.05) is 17.8 Å². The average molecular weight is 256 g/mol. The average Bonchev–Trinajstić information content (AvgIpc) is 3.02. The Hall–Kier alpha value is -1.91. The van der Waals surface area contributed by atoms with Gasteiger partial charge < -0.3 is 9.57 Å². The number of rotatable bonds is 3. The first-order valence-electron chi connectivity index (χ1n) is 6.34. The van der Waals surface area contributed by atoms with Crippen molar-refractivity contribution < 1.29 is 9.57 Å². The van der Waals surface area contributed by atoms with E-state index in [2.05, 4.69) is 34.7 Å². The molecule has 0 aliphatic carbocycles. The van der Waals surface area contributed by atoms with Crippen LogP contribution in [0.2, 0.25) is 0 Å². The Morgan fingerprint density at radius 1 is 1.26 bits per heavy atom. The SMILES string of the molecule is COc1ccc(-c2cccc([C@H]3CCON3)c2)cn1. The van der Waals surface area contributed by atoms with Crippen LogP contribution in [0.4, 0.5) is 0 Å². The normalized spacial score (nSPS) is 18.5. The fraction of sp³-hybridized carbons (Fsp3) is 0.267. The molecule has 1 atom stereocenters. The highest BCUT2D eigenvalue weighted by atomic mass is 16.7. The van der Waals surface area contributed by atoms with Crippen LogP contribution in [0, 0.1) is 0 Å². The van der Waals surface area contributed by atoms with E-state index in [0.717, 1.165) is 24.2 Å². The molecule has 1 aromatic carbocycles. The molecule has 1 aromatic heterocycles. The molecule has 19 heavy (non-hydrogen) atoms. The summed E-state index contributed by atoms with van der Waals surface area (Å²) in [6.45, 7) is 0.763. The molecule has 0 saturated carbocycles. The van der Waals surface area contributed by atoms with Gasteiger partial charge >= 0.3 is 0 Å². The van der Waals surface area contributed by atoms with Gasteiger partial charge in [0.25, 0.3) is 0 Å². The standard InChI is InChI=1S/C15H16N2O2/c1-18-15-6-5-13(10-16-15)11-3-2-4-12(9-11)14-7-8-19-17-14/h2-6,9-10,14,17H,7-8H2,1H3/t14-/m1/s1. The Balaban J connectivity index is 1.89. The summed E-state index contributed by atoms with van der Waals surface area (Å²) in [5.74, 6) is 0.630. The highest BCUT2D eigenvalue weighted by molar-refractivity contribution is 5.63. The fourth-order valence-electron chi connectivity index (χ4n) is 2.24. The van der Waals surface area contributed by atoms with Crippen LogP contribution in [0.15, 0.2) is 42.6 Å². The lowest BCUT2D eigenvalue weighted by molar-refractivity contribution is 0.0883. The molecule has 1 N–H and O–H groups in total. The van der Waals surface area contributed by atoms with Gasteiger partial charge in [-0.3, -0.25) is 0 Å². The van der Waals surface area contributed by atoms with E-state index in [1.54, 1.807) is 7.11 Å². The minimum Gasteiger partial charge on any atom is -0.481 e. The summed E-state index contributed by atoms with van der Waals surface area (Å²) in [5.41, 5.74) is 6.51. The van der Waals surface area contributed by atoms with Crippen LogP contribution in [-0.4, -0.2) is 18.7 Å². The lowest BCUT2D eigenvalue weighted by Crippen LogP contribution is -2.11. The maximum absolute atomic E-state index is 5.21. The van der Waals surface area contributed by atoms with Crippen LogP contribution < -0.4 is 10.2 Å². The highest BCUT2D eigenvalue weighted by Gasteiger charge is 2.17. The van der Waals surface area contributed by atoms with Gasteiger partial charge in [0.1, 0.15) is 0 Å². The predicted molar refractivity (Wildman–Crippen MR) is 72.7 cm³/mol. The Kier molecular flexibility index (Phi) is 3.44. The zero-order valence-corrected chi connectivity index (χ0v) is 10.8.